The maximum atomic E-state index is 12.5. The van der Waals surface area contributed by atoms with Crippen LogP contribution in [0.15, 0.2) is 53.4 Å². The molecule has 1 aliphatic heterocycles. The van der Waals surface area contributed by atoms with Gasteiger partial charge in [-0.1, -0.05) is 18.2 Å². The number of amides is 2. The number of nitrogens with zero attached hydrogens (tertiary/aromatic N) is 1. The minimum Gasteiger partial charge on any atom is -0.497 e. The van der Waals surface area contributed by atoms with Gasteiger partial charge in [0.1, 0.15) is 12.3 Å². The quantitative estimate of drug-likeness (QED) is 0.877. The summed E-state index contributed by atoms with van der Waals surface area (Å²) in [4.78, 5) is 26.8. The predicted molar refractivity (Wildman–Crippen MR) is 91.1 cm³/mol. The second kappa shape index (κ2) is 6.75. The number of carbonyl (C=O) groups excluding carboxylic acids is 2. The van der Waals surface area contributed by atoms with Crippen LogP contribution in [0.5, 0.6) is 5.75 Å². The summed E-state index contributed by atoms with van der Waals surface area (Å²) < 4.78 is 5.18. The van der Waals surface area contributed by atoms with Crippen molar-refractivity contribution in [1.29, 1.82) is 0 Å². The number of para-hydroxylation sites is 2. The Morgan fingerprint density at radius 1 is 1.26 bits per heavy atom. The van der Waals surface area contributed by atoms with E-state index in [4.69, 9.17) is 4.74 Å². The number of fused-ring (bicyclic) bond motifs is 1. The average Bonchev–Trinajstić information content (AvgIpc) is 2.59. The van der Waals surface area contributed by atoms with Crippen LogP contribution in [-0.4, -0.2) is 31.2 Å². The summed E-state index contributed by atoms with van der Waals surface area (Å²) in [6, 6.07) is 14.9. The molecular weight excluding hydrogens is 312 g/mol. The van der Waals surface area contributed by atoms with Crippen molar-refractivity contribution in [2.24, 2.45) is 0 Å². The maximum Gasteiger partial charge on any atom is 0.244 e. The highest BCUT2D eigenvalue weighted by molar-refractivity contribution is 8.00. The SMILES string of the molecule is COc1cccc(SCC(=O)N2CC(=O)Nc3ccccc32)c1. The molecule has 1 heterocycles. The third kappa shape index (κ3) is 3.48. The summed E-state index contributed by atoms with van der Waals surface area (Å²) in [5.74, 6) is 0.739. The van der Waals surface area contributed by atoms with Crippen LogP contribution in [0, 0.1) is 0 Å². The average molecular weight is 328 g/mol. The highest BCUT2D eigenvalue weighted by Gasteiger charge is 2.26. The van der Waals surface area contributed by atoms with Crippen molar-refractivity contribution >= 4 is 35.0 Å². The minimum atomic E-state index is -0.177. The van der Waals surface area contributed by atoms with Gasteiger partial charge in [-0.25, -0.2) is 0 Å². The van der Waals surface area contributed by atoms with Gasteiger partial charge in [-0.15, -0.1) is 11.8 Å². The Kier molecular flexibility index (Phi) is 4.52. The molecule has 0 radical (unpaired) electrons. The van der Waals surface area contributed by atoms with E-state index in [0.29, 0.717) is 5.69 Å². The van der Waals surface area contributed by atoms with Gasteiger partial charge in [0.2, 0.25) is 11.8 Å². The molecule has 0 aliphatic carbocycles. The normalized spacial score (nSPS) is 13.3. The third-order valence-electron chi connectivity index (χ3n) is 3.48. The van der Waals surface area contributed by atoms with Crippen LogP contribution < -0.4 is 15.0 Å². The smallest absolute Gasteiger partial charge is 0.244 e. The van der Waals surface area contributed by atoms with Crippen LogP contribution in [0.25, 0.3) is 0 Å². The first-order chi connectivity index (χ1) is 11.2. The van der Waals surface area contributed by atoms with E-state index in [9.17, 15) is 9.59 Å². The van der Waals surface area contributed by atoms with Gasteiger partial charge in [-0.3, -0.25) is 9.59 Å². The Morgan fingerprint density at radius 3 is 2.91 bits per heavy atom. The summed E-state index contributed by atoms with van der Waals surface area (Å²) in [6.45, 7) is 0.0501. The Morgan fingerprint density at radius 2 is 2.09 bits per heavy atom. The van der Waals surface area contributed by atoms with Crippen molar-refractivity contribution in [1.82, 2.24) is 0 Å². The van der Waals surface area contributed by atoms with Gasteiger partial charge in [-0.05, 0) is 30.3 Å². The van der Waals surface area contributed by atoms with Gasteiger partial charge in [0, 0.05) is 4.90 Å². The zero-order valence-electron chi connectivity index (χ0n) is 12.6. The number of thioether (sulfide) groups is 1. The van der Waals surface area contributed by atoms with Gasteiger partial charge in [0.25, 0.3) is 0 Å². The lowest BCUT2D eigenvalue weighted by Gasteiger charge is -2.29. The van der Waals surface area contributed by atoms with Crippen molar-refractivity contribution in [3.05, 3.63) is 48.5 Å². The van der Waals surface area contributed by atoms with E-state index in [1.54, 1.807) is 13.2 Å². The second-order valence-corrected chi connectivity index (χ2v) is 6.06. The van der Waals surface area contributed by atoms with E-state index < -0.39 is 0 Å². The topological polar surface area (TPSA) is 58.6 Å². The van der Waals surface area contributed by atoms with Crippen LogP contribution in [0.4, 0.5) is 11.4 Å². The molecule has 0 atom stereocenters. The fraction of sp³-hybridized carbons (Fsp3) is 0.176. The molecule has 0 aromatic heterocycles. The number of anilines is 2. The van der Waals surface area contributed by atoms with E-state index in [2.05, 4.69) is 5.32 Å². The lowest BCUT2D eigenvalue weighted by atomic mass is 10.2. The molecule has 2 aromatic rings. The predicted octanol–water partition coefficient (Wildman–Crippen LogP) is 2.77. The number of ether oxygens (including phenoxy) is 1. The van der Waals surface area contributed by atoms with Gasteiger partial charge < -0.3 is 15.0 Å². The number of hydrogen-bond acceptors (Lipinski definition) is 4. The Bertz CT molecular complexity index is 748. The fourth-order valence-corrected chi connectivity index (χ4v) is 3.19. The molecule has 1 aliphatic rings. The Hall–Kier alpha value is -2.47. The molecule has 118 valence electrons. The minimum absolute atomic E-state index is 0.0501. The number of benzene rings is 2. The van der Waals surface area contributed by atoms with Crippen molar-refractivity contribution in [3.8, 4) is 5.75 Å². The lowest BCUT2D eigenvalue weighted by molar-refractivity contribution is -0.120. The van der Waals surface area contributed by atoms with Crippen molar-refractivity contribution in [2.45, 2.75) is 4.90 Å². The molecule has 0 bridgehead atoms. The number of rotatable bonds is 4. The van der Waals surface area contributed by atoms with Crippen molar-refractivity contribution in [2.75, 3.05) is 29.6 Å². The molecule has 5 nitrogen and oxygen atoms in total. The number of hydrogen-bond donors (Lipinski definition) is 1. The third-order valence-corrected chi connectivity index (χ3v) is 4.45. The standard InChI is InChI=1S/C17H16N2O3S/c1-22-12-5-4-6-13(9-12)23-11-17(21)19-10-16(20)18-14-7-2-3-8-15(14)19/h2-9H,10-11H2,1H3,(H,18,20). The Labute approximate surface area is 138 Å². The zero-order chi connectivity index (χ0) is 16.2. The first-order valence-corrected chi connectivity index (χ1v) is 8.12. The molecule has 0 saturated carbocycles. The van der Waals surface area contributed by atoms with Gasteiger partial charge in [0.05, 0.1) is 24.2 Å². The molecule has 0 spiro atoms. The van der Waals surface area contributed by atoms with Gasteiger partial charge in [-0.2, -0.15) is 0 Å². The molecule has 0 unspecified atom stereocenters. The molecule has 2 aromatic carbocycles. The maximum absolute atomic E-state index is 12.5. The fourth-order valence-electron chi connectivity index (χ4n) is 2.37. The molecule has 2 amide bonds. The number of nitrogens with one attached hydrogen (secondary N) is 1. The summed E-state index contributed by atoms with van der Waals surface area (Å²) in [5.41, 5.74) is 1.41. The monoisotopic (exact) mass is 328 g/mol. The van der Waals surface area contributed by atoms with Crippen LogP contribution in [-0.2, 0) is 9.59 Å². The molecule has 3 rings (SSSR count). The molecule has 1 N–H and O–H groups in total. The van der Waals surface area contributed by atoms with Crippen molar-refractivity contribution < 1.29 is 14.3 Å². The summed E-state index contributed by atoms with van der Waals surface area (Å²) in [7, 11) is 1.61. The highest BCUT2D eigenvalue weighted by Crippen LogP contribution is 2.30. The van der Waals surface area contributed by atoms with E-state index in [1.165, 1.54) is 16.7 Å². The van der Waals surface area contributed by atoms with Crippen LogP contribution >= 0.6 is 11.8 Å². The summed E-state index contributed by atoms with van der Waals surface area (Å²) >= 11 is 1.42. The molecule has 6 heteroatoms. The van der Waals surface area contributed by atoms with Crippen LogP contribution in [0.2, 0.25) is 0 Å². The van der Waals surface area contributed by atoms with Crippen LogP contribution in [0.3, 0.4) is 0 Å². The number of methoxy groups -OCH3 is 1. The lowest BCUT2D eigenvalue weighted by Crippen LogP contribution is -2.43. The van der Waals surface area contributed by atoms with E-state index in [0.717, 1.165) is 16.3 Å². The van der Waals surface area contributed by atoms with E-state index in [-0.39, 0.29) is 24.1 Å². The van der Waals surface area contributed by atoms with E-state index in [1.807, 2.05) is 42.5 Å². The summed E-state index contributed by atoms with van der Waals surface area (Å²) in [5, 5.41) is 2.78. The molecular formula is C17H16N2O3S. The number of carbonyl (C=O) groups is 2. The van der Waals surface area contributed by atoms with Gasteiger partial charge >= 0.3 is 0 Å². The Balaban J connectivity index is 1.72. The second-order valence-electron chi connectivity index (χ2n) is 5.01. The first-order valence-electron chi connectivity index (χ1n) is 7.13. The summed E-state index contributed by atoms with van der Waals surface area (Å²) in [6.07, 6.45) is 0. The molecule has 0 saturated heterocycles. The highest BCUT2D eigenvalue weighted by atomic mass is 32.2. The largest absolute Gasteiger partial charge is 0.497 e. The van der Waals surface area contributed by atoms with Crippen LogP contribution in [0.1, 0.15) is 0 Å². The molecule has 0 fully saturated rings. The zero-order valence-corrected chi connectivity index (χ0v) is 13.4. The van der Waals surface area contributed by atoms with Gasteiger partial charge in [0.15, 0.2) is 0 Å². The first kappa shape index (κ1) is 15.4. The van der Waals surface area contributed by atoms with Crippen molar-refractivity contribution in [3.63, 3.8) is 0 Å². The van der Waals surface area contributed by atoms with E-state index >= 15 is 0 Å². The molecule has 23 heavy (non-hydrogen) atoms.